The zero-order valence-electron chi connectivity index (χ0n) is 13.4. The minimum atomic E-state index is -0.114. The number of rotatable bonds is 2. The largest absolute Gasteiger partial charge is 0.398 e. The lowest BCUT2D eigenvalue weighted by Gasteiger charge is -2.32. The van der Waals surface area contributed by atoms with Gasteiger partial charge in [0.25, 0.3) is 0 Å². The molecule has 0 spiro atoms. The molecule has 2 aromatic carbocycles. The Hall–Kier alpha value is -2.29. The maximum atomic E-state index is 6.46. The van der Waals surface area contributed by atoms with Gasteiger partial charge in [0.15, 0.2) is 6.20 Å². The van der Waals surface area contributed by atoms with Crippen molar-refractivity contribution < 1.29 is 4.57 Å². The predicted molar refractivity (Wildman–Crippen MR) is 93.0 cm³/mol. The number of anilines is 2. The molecule has 1 aliphatic rings. The number of nitrogen functional groups attached to an aromatic ring is 1. The Morgan fingerprint density at radius 2 is 1.95 bits per heavy atom. The highest BCUT2D eigenvalue weighted by Gasteiger charge is 2.40. The first-order chi connectivity index (χ1) is 10.6. The van der Waals surface area contributed by atoms with E-state index < -0.39 is 0 Å². The van der Waals surface area contributed by atoms with E-state index in [-0.39, 0.29) is 5.66 Å². The van der Waals surface area contributed by atoms with Crippen LogP contribution in [0.4, 0.5) is 11.4 Å². The van der Waals surface area contributed by atoms with Gasteiger partial charge >= 0.3 is 0 Å². The van der Waals surface area contributed by atoms with Crippen molar-refractivity contribution in [3.8, 4) is 0 Å². The normalized spacial score (nSPS) is 19.8. The smallest absolute Gasteiger partial charge is 0.238 e. The number of hydrogen-bond donors (Lipinski definition) is 2. The molecule has 112 valence electrons. The highest BCUT2D eigenvalue weighted by Crippen LogP contribution is 2.41. The Labute approximate surface area is 130 Å². The zero-order chi connectivity index (χ0) is 15.5. The average Bonchev–Trinajstić information content (AvgIpc) is 2.51. The van der Waals surface area contributed by atoms with Crippen LogP contribution in [0.2, 0.25) is 0 Å². The van der Waals surface area contributed by atoms with Gasteiger partial charge in [-0.3, -0.25) is 0 Å². The van der Waals surface area contributed by atoms with Gasteiger partial charge in [-0.15, -0.1) is 0 Å². The van der Waals surface area contributed by atoms with Crippen LogP contribution in [0.1, 0.15) is 32.3 Å². The first kappa shape index (κ1) is 13.4. The van der Waals surface area contributed by atoms with Gasteiger partial charge < -0.3 is 11.1 Å². The highest BCUT2D eigenvalue weighted by atomic mass is 15.2. The number of nitrogens with two attached hydrogens (primary N) is 1. The van der Waals surface area contributed by atoms with E-state index in [2.05, 4.69) is 67.2 Å². The van der Waals surface area contributed by atoms with Gasteiger partial charge in [-0.05, 0) is 36.4 Å². The summed E-state index contributed by atoms with van der Waals surface area (Å²) in [6, 6.07) is 10.7. The van der Waals surface area contributed by atoms with Gasteiger partial charge in [-0.25, -0.2) is 0 Å². The van der Waals surface area contributed by atoms with Gasteiger partial charge in [-0.1, -0.05) is 19.1 Å². The summed E-state index contributed by atoms with van der Waals surface area (Å²) in [7, 11) is 0. The average molecular weight is 292 g/mol. The van der Waals surface area contributed by atoms with Gasteiger partial charge in [0.2, 0.25) is 11.2 Å². The summed E-state index contributed by atoms with van der Waals surface area (Å²) < 4.78 is 2.37. The molecule has 2 heterocycles. The second kappa shape index (κ2) is 4.35. The molecule has 1 aliphatic heterocycles. The van der Waals surface area contributed by atoms with Crippen LogP contribution in [-0.2, 0) is 5.66 Å². The standard InChI is InChI=1S/C19H21N3/c1-4-10-19(3)21-15-9-5-7-13-12(2)17(20)14-8-6-11-22(19)18(14)16(13)15/h5-9,11H,4,10H2,1-3H3,(H2,20,21)/p+1. The lowest BCUT2D eigenvalue weighted by molar-refractivity contribution is -0.732. The van der Waals surface area contributed by atoms with Crippen molar-refractivity contribution in [1.82, 2.24) is 0 Å². The molecule has 0 amide bonds. The number of pyridine rings is 1. The Morgan fingerprint density at radius 1 is 1.18 bits per heavy atom. The van der Waals surface area contributed by atoms with Crippen LogP contribution in [0.25, 0.3) is 21.7 Å². The summed E-state index contributed by atoms with van der Waals surface area (Å²) in [4.78, 5) is 0. The molecule has 0 saturated heterocycles. The maximum absolute atomic E-state index is 6.46. The van der Waals surface area contributed by atoms with E-state index in [4.69, 9.17) is 5.73 Å². The number of nitrogens with one attached hydrogen (secondary N) is 1. The van der Waals surface area contributed by atoms with Crippen LogP contribution < -0.4 is 15.6 Å². The minimum Gasteiger partial charge on any atom is -0.398 e. The minimum absolute atomic E-state index is 0.114. The number of nitrogens with zero attached hydrogens (tertiary/aromatic N) is 1. The zero-order valence-corrected chi connectivity index (χ0v) is 13.4. The van der Waals surface area contributed by atoms with Gasteiger partial charge in [-0.2, -0.15) is 4.57 Å². The molecule has 3 aromatic rings. The number of aromatic nitrogens is 1. The lowest BCUT2D eigenvalue weighted by atomic mass is 9.92. The molecule has 4 rings (SSSR count). The van der Waals surface area contributed by atoms with Crippen molar-refractivity contribution in [1.29, 1.82) is 0 Å². The van der Waals surface area contributed by atoms with Gasteiger partial charge in [0.05, 0.1) is 16.5 Å². The molecule has 0 aliphatic carbocycles. The van der Waals surface area contributed by atoms with Crippen LogP contribution in [0.3, 0.4) is 0 Å². The summed E-state index contributed by atoms with van der Waals surface area (Å²) in [5.41, 5.74) is 10.9. The van der Waals surface area contributed by atoms with Crippen LogP contribution in [0.15, 0.2) is 36.5 Å². The second-order valence-corrected chi connectivity index (χ2v) is 6.56. The quantitative estimate of drug-likeness (QED) is 0.425. The topological polar surface area (TPSA) is 41.9 Å². The van der Waals surface area contributed by atoms with E-state index in [1.165, 1.54) is 27.5 Å². The Morgan fingerprint density at radius 3 is 2.73 bits per heavy atom. The van der Waals surface area contributed by atoms with E-state index in [1.807, 2.05) is 0 Å². The third-order valence-electron chi connectivity index (χ3n) is 5.07. The third kappa shape index (κ3) is 1.54. The van der Waals surface area contributed by atoms with Gasteiger partial charge in [0, 0.05) is 25.1 Å². The van der Waals surface area contributed by atoms with Crippen molar-refractivity contribution in [3.63, 3.8) is 0 Å². The molecule has 0 fully saturated rings. The monoisotopic (exact) mass is 292 g/mol. The molecule has 3 heteroatoms. The fourth-order valence-corrected chi connectivity index (χ4v) is 3.98. The highest BCUT2D eigenvalue weighted by molar-refractivity contribution is 6.16. The molecule has 0 saturated carbocycles. The van der Waals surface area contributed by atoms with Crippen LogP contribution in [-0.4, -0.2) is 0 Å². The van der Waals surface area contributed by atoms with Crippen LogP contribution >= 0.6 is 0 Å². The molecular formula is C19H22N3+. The van der Waals surface area contributed by atoms with Crippen molar-refractivity contribution >= 4 is 33.1 Å². The molecule has 3 nitrogen and oxygen atoms in total. The van der Waals surface area contributed by atoms with E-state index in [1.54, 1.807) is 0 Å². The van der Waals surface area contributed by atoms with Crippen molar-refractivity contribution in [2.45, 2.75) is 39.3 Å². The van der Waals surface area contributed by atoms with Crippen molar-refractivity contribution in [3.05, 3.63) is 42.1 Å². The molecule has 22 heavy (non-hydrogen) atoms. The van der Waals surface area contributed by atoms with Gasteiger partial charge in [0.1, 0.15) is 0 Å². The lowest BCUT2D eigenvalue weighted by Crippen LogP contribution is -2.61. The summed E-state index contributed by atoms with van der Waals surface area (Å²) in [6.45, 7) is 6.62. The molecule has 3 N–H and O–H groups in total. The molecule has 0 radical (unpaired) electrons. The second-order valence-electron chi connectivity index (χ2n) is 6.56. The Kier molecular flexibility index (Phi) is 2.65. The van der Waals surface area contributed by atoms with Crippen LogP contribution in [0, 0.1) is 6.92 Å². The third-order valence-corrected chi connectivity index (χ3v) is 5.07. The Balaban J connectivity index is 2.27. The number of aryl methyl sites for hydroxylation is 1. The summed E-state index contributed by atoms with van der Waals surface area (Å²) in [5, 5.41) is 7.46. The number of benzene rings is 2. The summed E-state index contributed by atoms with van der Waals surface area (Å²) in [6.07, 6.45) is 4.37. The van der Waals surface area contributed by atoms with E-state index in [0.717, 1.165) is 23.9 Å². The molecular weight excluding hydrogens is 270 g/mol. The van der Waals surface area contributed by atoms with Crippen molar-refractivity contribution in [2.75, 3.05) is 11.1 Å². The molecule has 0 bridgehead atoms. The molecule has 1 unspecified atom stereocenters. The SMILES string of the molecule is CCCC1(C)Nc2cccc3c(C)c(N)c4ccc[n+]1c4c23. The summed E-state index contributed by atoms with van der Waals surface area (Å²) in [5.74, 6) is 0. The molecule has 1 aromatic heterocycles. The predicted octanol–water partition coefficient (Wildman–Crippen LogP) is 4.07. The first-order valence-electron chi connectivity index (χ1n) is 8.00. The van der Waals surface area contributed by atoms with E-state index in [9.17, 15) is 0 Å². The molecule has 1 atom stereocenters. The van der Waals surface area contributed by atoms with Crippen LogP contribution in [0.5, 0.6) is 0 Å². The maximum Gasteiger partial charge on any atom is 0.238 e. The van der Waals surface area contributed by atoms with Crippen molar-refractivity contribution in [2.24, 2.45) is 0 Å². The Bertz CT molecular complexity index is 914. The fraction of sp³-hybridized carbons (Fsp3) is 0.316. The fourth-order valence-electron chi connectivity index (χ4n) is 3.98. The first-order valence-corrected chi connectivity index (χ1v) is 8.00. The summed E-state index contributed by atoms with van der Waals surface area (Å²) >= 11 is 0. The van der Waals surface area contributed by atoms with E-state index >= 15 is 0 Å². The number of hydrogen-bond acceptors (Lipinski definition) is 2. The van der Waals surface area contributed by atoms with E-state index in [0.29, 0.717) is 0 Å².